The van der Waals surface area contributed by atoms with Crippen LogP contribution in [0.15, 0.2) is 59.1 Å². The maximum Gasteiger partial charge on any atom is 0.227 e. The van der Waals surface area contributed by atoms with E-state index < -0.39 is 0 Å². The monoisotopic (exact) mass is 337 g/mol. The number of ether oxygens (including phenoxy) is 1. The highest BCUT2D eigenvalue weighted by molar-refractivity contribution is 5.92. The quantitative estimate of drug-likeness (QED) is 0.690. The first-order chi connectivity index (χ1) is 12.2. The number of carbonyl (C=O) groups is 1. The largest absolute Gasteiger partial charge is 0.497 e. The van der Waals surface area contributed by atoms with Gasteiger partial charge in [0.1, 0.15) is 5.75 Å². The lowest BCUT2D eigenvalue weighted by atomic mass is 10.2. The minimum absolute atomic E-state index is 0.00710. The molecule has 0 radical (unpaired) electrons. The zero-order valence-electron chi connectivity index (χ0n) is 14.2. The third-order valence-corrected chi connectivity index (χ3v) is 3.87. The van der Waals surface area contributed by atoms with Crippen LogP contribution in [0.25, 0.3) is 11.4 Å². The number of anilines is 1. The van der Waals surface area contributed by atoms with Crippen molar-refractivity contribution in [2.24, 2.45) is 0 Å². The van der Waals surface area contributed by atoms with Crippen molar-refractivity contribution < 1.29 is 14.1 Å². The van der Waals surface area contributed by atoms with Gasteiger partial charge in [-0.25, -0.2) is 0 Å². The smallest absolute Gasteiger partial charge is 0.227 e. The van der Waals surface area contributed by atoms with E-state index in [0.29, 0.717) is 24.6 Å². The third kappa shape index (κ3) is 4.03. The average Bonchev–Trinajstić information content (AvgIpc) is 3.15. The van der Waals surface area contributed by atoms with E-state index in [0.717, 1.165) is 17.0 Å². The van der Waals surface area contributed by atoms with Crippen LogP contribution in [0.3, 0.4) is 0 Å². The first-order valence-corrected chi connectivity index (χ1v) is 7.96. The van der Waals surface area contributed by atoms with Gasteiger partial charge in [0, 0.05) is 31.1 Å². The van der Waals surface area contributed by atoms with E-state index in [2.05, 4.69) is 10.1 Å². The molecule has 6 heteroatoms. The Morgan fingerprint density at radius 3 is 2.72 bits per heavy atom. The molecule has 25 heavy (non-hydrogen) atoms. The molecule has 0 saturated carbocycles. The van der Waals surface area contributed by atoms with Gasteiger partial charge < -0.3 is 14.2 Å². The number of para-hydroxylation sites is 1. The maximum atomic E-state index is 12.3. The van der Waals surface area contributed by atoms with E-state index in [1.54, 1.807) is 19.1 Å². The Hall–Kier alpha value is -3.15. The number of aryl methyl sites for hydroxylation is 1. The van der Waals surface area contributed by atoms with E-state index in [1.807, 2.05) is 54.6 Å². The summed E-state index contributed by atoms with van der Waals surface area (Å²) in [6.07, 6.45) is 0.693. The van der Waals surface area contributed by atoms with Crippen molar-refractivity contribution >= 4 is 11.6 Å². The highest BCUT2D eigenvalue weighted by Gasteiger charge is 2.14. The van der Waals surface area contributed by atoms with Crippen LogP contribution >= 0.6 is 0 Å². The van der Waals surface area contributed by atoms with Crippen molar-refractivity contribution in [3.63, 3.8) is 0 Å². The molecule has 0 fully saturated rings. The molecule has 3 aromatic rings. The standard InChI is InChI=1S/C19H19N3O3/c1-22(15-8-4-3-5-9-15)18(23)12-11-17-20-19(21-25-17)14-7-6-10-16(13-14)24-2/h3-10,13H,11-12H2,1-2H3. The van der Waals surface area contributed by atoms with Gasteiger partial charge in [0.25, 0.3) is 0 Å². The Kier molecular flexibility index (Phi) is 5.09. The highest BCUT2D eigenvalue weighted by Crippen LogP contribution is 2.21. The molecule has 0 aliphatic rings. The lowest BCUT2D eigenvalue weighted by Gasteiger charge is -2.16. The average molecular weight is 337 g/mol. The zero-order chi connectivity index (χ0) is 17.6. The molecule has 0 saturated heterocycles. The number of nitrogens with zero attached hydrogens (tertiary/aromatic N) is 3. The summed E-state index contributed by atoms with van der Waals surface area (Å²) in [5, 5.41) is 3.98. The fourth-order valence-corrected chi connectivity index (χ4v) is 2.41. The summed E-state index contributed by atoms with van der Waals surface area (Å²) in [7, 11) is 3.36. The van der Waals surface area contributed by atoms with Gasteiger partial charge in [-0.15, -0.1) is 0 Å². The predicted molar refractivity (Wildman–Crippen MR) is 94.5 cm³/mol. The van der Waals surface area contributed by atoms with Gasteiger partial charge in [0.15, 0.2) is 0 Å². The lowest BCUT2D eigenvalue weighted by molar-refractivity contribution is -0.118. The molecule has 3 rings (SSSR count). The van der Waals surface area contributed by atoms with E-state index in [4.69, 9.17) is 9.26 Å². The molecule has 1 amide bonds. The summed E-state index contributed by atoms with van der Waals surface area (Å²) in [5.74, 6) is 1.64. The van der Waals surface area contributed by atoms with Crippen LogP contribution in [0.2, 0.25) is 0 Å². The van der Waals surface area contributed by atoms with Crippen LogP contribution < -0.4 is 9.64 Å². The van der Waals surface area contributed by atoms with Gasteiger partial charge >= 0.3 is 0 Å². The number of hydrogen-bond acceptors (Lipinski definition) is 5. The summed E-state index contributed by atoms with van der Waals surface area (Å²) in [5.41, 5.74) is 1.66. The first kappa shape index (κ1) is 16.7. The van der Waals surface area contributed by atoms with Gasteiger partial charge in [-0.3, -0.25) is 4.79 Å². The number of carbonyl (C=O) groups excluding carboxylic acids is 1. The summed E-state index contributed by atoms with van der Waals surface area (Å²) in [4.78, 5) is 18.3. The molecule has 0 spiro atoms. The normalized spacial score (nSPS) is 10.5. The van der Waals surface area contributed by atoms with Crippen LogP contribution in [-0.2, 0) is 11.2 Å². The molecule has 0 aliphatic heterocycles. The van der Waals surface area contributed by atoms with E-state index in [9.17, 15) is 4.79 Å². The molecule has 0 unspecified atom stereocenters. The number of amides is 1. The lowest BCUT2D eigenvalue weighted by Crippen LogP contribution is -2.26. The van der Waals surface area contributed by atoms with Crippen molar-refractivity contribution in [1.29, 1.82) is 0 Å². The minimum Gasteiger partial charge on any atom is -0.497 e. The fraction of sp³-hybridized carbons (Fsp3) is 0.211. The summed E-state index contributed by atoms with van der Waals surface area (Å²) >= 11 is 0. The number of methoxy groups -OCH3 is 1. The predicted octanol–water partition coefficient (Wildman–Crippen LogP) is 3.34. The van der Waals surface area contributed by atoms with Crippen molar-refractivity contribution in [2.45, 2.75) is 12.8 Å². The molecule has 0 aliphatic carbocycles. The minimum atomic E-state index is -0.00710. The zero-order valence-corrected chi connectivity index (χ0v) is 14.2. The van der Waals surface area contributed by atoms with Crippen LogP contribution in [0.4, 0.5) is 5.69 Å². The Balaban J connectivity index is 1.62. The first-order valence-electron chi connectivity index (χ1n) is 7.96. The van der Waals surface area contributed by atoms with Crippen LogP contribution in [-0.4, -0.2) is 30.2 Å². The fourth-order valence-electron chi connectivity index (χ4n) is 2.41. The Labute approximate surface area is 146 Å². The molecule has 0 atom stereocenters. The van der Waals surface area contributed by atoms with Crippen LogP contribution in [0.1, 0.15) is 12.3 Å². The second kappa shape index (κ2) is 7.61. The third-order valence-electron chi connectivity index (χ3n) is 3.87. The van der Waals surface area contributed by atoms with Crippen molar-refractivity contribution in [2.75, 3.05) is 19.1 Å². The Morgan fingerprint density at radius 1 is 1.16 bits per heavy atom. The summed E-state index contributed by atoms with van der Waals surface area (Å²) < 4.78 is 10.4. The molecular weight excluding hydrogens is 318 g/mol. The van der Waals surface area contributed by atoms with Gasteiger partial charge in [-0.2, -0.15) is 4.98 Å². The molecular formula is C19H19N3O3. The van der Waals surface area contributed by atoms with E-state index in [-0.39, 0.29) is 5.91 Å². The molecule has 0 bridgehead atoms. The van der Waals surface area contributed by atoms with Gasteiger partial charge in [0.2, 0.25) is 17.6 Å². The molecule has 2 aromatic carbocycles. The van der Waals surface area contributed by atoms with Gasteiger partial charge in [0.05, 0.1) is 7.11 Å². The molecule has 128 valence electrons. The maximum absolute atomic E-state index is 12.3. The van der Waals surface area contributed by atoms with Crippen molar-refractivity contribution in [3.8, 4) is 17.1 Å². The number of hydrogen-bond donors (Lipinski definition) is 0. The Morgan fingerprint density at radius 2 is 1.96 bits per heavy atom. The van der Waals surface area contributed by atoms with Crippen LogP contribution in [0.5, 0.6) is 5.75 Å². The van der Waals surface area contributed by atoms with Gasteiger partial charge in [-0.1, -0.05) is 35.5 Å². The summed E-state index contributed by atoms with van der Waals surface area (Å²) in [6.45, 7) is 0. The highest BCUT2D eigenvalue weighted by atomic mass is 16.5. The number of rotatable bonds is 6. The Bertz CT molecular complexity index is 846. The molecule has 1 heterocycles. The second-order valence-electron chi connectivity index (χ2n) is 5.53. The van der Waals surface area contributed by atoms with Crippen LogP contribution in [0, 0.1) is 0 Å². The number of benzene rings is 2. The SMILES string of the molecule is COc1cccc(-c2noc(CCC(=O)N(C)c3ccccc3)n2)c1. The molecule has 1 aromatic heterocycles. The molecule has 6 nitrogen and oxygen atoms in total. The topological polar surface area (TPSA) is 68.5 Å². The second-order valence-corrected chi connectivity index (χ2v) is 5.53. The summed E-state index contributed by atoms with van der Waals surface area (Å²) in [6, 6.07) is 16.9. The van der Waals surface area contributed by atoms with Gasteiger partial charge in [-0.05, 0) is 24.3 Å². The molecule has 0 N–H and O–H groups in total. The van der Waals surface area contributed by atoms with Crippen molar-refractivity contribution in [1.82, 2.24) is 10.1 Å². The van der Waals surface area contributed by atoms with E-state index >= 15 is 0 Å². The van der Waals surface area contributed by atoms with Crippen molar-refractivity contribution in [3.05, 3.63) is 60.5 Å². The van der Waals surface area contributed by atoms with E-state index in [1.165, 1.54) is 0 Å². The number of aromatic nitrogens is 2.